The van der Waals surface area contributed by atoms with E-state index in [1.165, 1.54) is 0 Å². The molecule has 142 valence electrons. The van der Waals surface area contributed by atoms with Crippen LogP contribution in [-0.4, -0.2) is 33.8 Å². The van der Waals surface area contributed by atoms with E-state index in [9.17, 15) is 14.5 Å². The van der Waals surface area contributed by atoms with Crippen LogP contribution in [-0.2, 0) is 14.3 Å². The zero-order valence-corrected chi connectivity index (χ0v) is 16.0. The van der Waals surface area contributed by atoms with Gasteiger partial charge in [0.1, 0.15) is 12.1 Å². The second-order valence-electron chi connectivity index (χ2n) is 7.78. The largest absolute Gasteiger partial charge is 0.459 e. The van der Waals surface area contributed by atoms with Crippen molar-refractivity contribution < 1.29 is 19.1 Å². The van der Waals surface area contributed by atoms with Crippen molar-refractivity contribution in [2.75, 3.05) is 11.9 Å². The Kier molecular flexibility index (Phi) is 4.95. The smallest absolute Gasteiger partial charge is 0.434 e. The molecule has 1 aromatic heterocycles. The monoisotopic (exact) mass is 370 g/mol. The number of carbonyl (C=O) groups is 2. The predicted molar refractivity (Wildman–Crippen MR) is 101 cm³/mol. The number of amides is 1. The number of pyridine rings is 1. The number of carbonyl (C=O) groups excluding carboxylic acids is 2. The van der Waals surface area contributed by atoms with Gasteiger partial charge in [-0.05, 0) is 52.0 Å². The van der Waals surface area contributed by atoms with Crippen molar-refractivity contribution in [1.82, 2.24) is 4.98 Å². The Morgan fingerprint density at radius 1 is 1.33 bits per heavy atom. The van der Waals surface area contributed by atoms with Crippen LogP contribution in [0.3, 0.4) is 0 Å². The fourth-order valence-corrected chi connectivity index (χ4v) is 3.23. The van der Waals surface area contributed by atoms with Gasteiger partial charge < -0.3 is 10.1 Å². The summed E-state index contributed by atoms with van der Waals surface area (Å²) in [6, 6.07) is 7.01. The van der Waals surface area contributed by atoms with Crippen LogP contribution in [0.5, 0.6) is 0 Å². The highest BCUT2D eigenvalue weighted by Crippen LogP contribution is 2.32. The van der Waals surface area contributed by atoms with Crippen molar-refractivity contribution in [3.63, 3.8) is 0 Å². The van der Waals surface area contributed by atoms with Crippen LogP contribution >= 0.6 is 0 Å². The number of aryl methyl sites for hydroxylation is 1. The number of aromatic nitrogens is 1. The van der Waals surface area contributed by atoms with Gasteiger partial charge in [0.2, 0.25) is 6.04 Å². The lowest BCUT2D eigenvalue weighted by Gasteiger charge is -2.19. The van der Waals surface area contributed by atoms with Gasteiger partial charge in [0.15, 0.2) is 0 Å². The first-order chi connectivity index (χ1) is 12.6. The zero-order valence-electron chi connectivity index (χ0n) is 16.0. The minimum absolute atomic E-state index is 0.0559. The fraction of sp³-hybridized carbons (Fsp3) is 0.450. The van der Waals surface area contributed by atoms with Crippen LogP contribution in [0.4, 0.5) is 5.69 Å². The first-order valence-electron chi connectivity index (χ1n) is 9.00. The molecule has 1 amide bonds. The summed E-state index contributed by atoms with van der Waals surface area (Å²) in [5.41, 5.74) is 2.54. The second kappa shape index (κ2) is 7.06. The van der Waals surface area contributed by atoms with Gasteiger partial charge in [0, 0.05) is 33.7 Å². The molecular weight excluding hydrogens is 346 g/mol. The molecule has 2 aromatic rings. The summed E-state index contributed by atoms with van der Waals surface area (Å²) in [6.45, 7) is 7.37. The van der Waals surface area contributed by atoms with Gasteiger partial charge >= 0.3 is 11.9 Å². The van der Waals surface area contributed by atoms with Crippen LogP contribution in [0.25, 0.3) is 10.9 Å². The Labute approximate surface area is 157 Å². The van der Waals surface area contributed by atoms with Gasteiger partial charge in [0.25, 0.3) is 0 Å². The van der Waals surface area contributed by atoms with E-state index in [2.05, 4.69) is 10.3 Å². The number of benzene rings is 1. The van der Waals surface area contributed by atoms with E-state index < -0.39 is 11.6 Å². The molecular formula is C20H24N3O4+. The third-order valence-corrected chi connectivity index (χ3v) is 4.42. The molecule has 1 aromatic carbocycles. The summed E-state index contributed by atoms with van der Waals surface area (Å²) in [5, 5.41) is 3.89. The third kappa shape index (κ3) is 4.30. The van der Waals surface area contributed by atoms with Gasteiger partial charge in [0.05, 0.1) is 16.7 Å². The van der Waals surface area contributed by atoms with E-state index in [1.807, 2.05) is 52.0 Å². The average Bonchev–Trinajstić information content (AvgIpc) is 2.90. The maximum Gasteiger partial charge on any atom is 0.434 e. The number of nitrogens with zero attached hydrogens (tertiary/aromatic N) is 2. The topological polar surface area (TPSA) is 88.4 Å². The number of esters is 1. The lowest BCUT2D eigenvalue weighted by molar-refractivity contribution is -0.498. The quantitative estimate of drug-likeness (QED) is 0.655. The average molecular weight is 370 g/mol. The molecule has 1 unspecified atom stereocenters. The number of hydrogen-bond acceptors (Lipinski definition) is 6. The van der Waals surface area contributed by atoms with Gasteiger partial charge in [-0.2, -0.15) is 0 Å². The SMILES string of the molecule is Cc1nc2ccc(NCC(=O)OC(C)(C)C)cc2cc1C1CCC(=O)[N+]1=O. The molecule has 7 heteroatoms. The standard InChI is InChI=1S/C20H24N3O4/c1-12-15(17-7-8-18(24)23(17)26)10-13-9-14(5-6-16(13)22-12)21-11-19(25)27-20(2,3)4/h5-6,9-10,17,21H,7-8,11H2,1-4H3/q+1. The van der Waals surface area contributed by atoms with Crippen LogP contribution in [0.1, 0.15) is 50.9 Å². The summed E-state index contributed by atoms with van der Waals surface area (Å²) >= 11 is 0. The highest BCUT2D eigenvalue weighted by Gasteiger charge is 2.43. The summed E-state index contributed by atoms with van der Waals surface area (Å²) in [5.74, 6) is -0.718. The highest BCUT2D eigenvalue weighted by molar-refractivity contribution is 5.84. The Morgan fingerprint density at radius 3 is 2.70 bits per heavy atom. The molecule has 1 saturated heterocycles. The van der Waals surface area contributed by atoms with Crippen LogP contribution in [0.2, 0.25) is 0 Å². The lowest BCUT2D eigenvalue weighted by atomic mass is 10.0. The molecule has 0 radical (unpaired) electrons. The van der Waals surface area contributed by atoms with E-state index in [4.69, 9.17) is 4.74 Å². The molecule has 0 bridgehead atoms. The maximum absolute atomic E-state index is 12.0. The van der Waals surface area contributed by atoms with Gasteiger partial charge in [-0.3, -0.25) is 9.78 Å². The van der Waals surface area contributed by atoms with E-state index in [-0.39, 0.29) is 24.8 Å². The first-order valence-corrected chi connectivity index (χ1v) is 9.00. The van der Waals surface area contributed by atoms with E-state index >= 15 is 0 Å². The molecule has 0 aliphatic carbocycles. The number of fused-ring (bicyclic) bond motifs is 1. The summed E-state index contributed by atoms with van der Waals surface area (Å²) in [4.78, 5) is 40.0. The predicted octanol–water partition coefficient (Wildman–Crippen LogP) is 3.44. The molecule has 3 rings (SSSR count). The normalized spacial score (nSPS) is 17.4. The molecule has 7 nitrogen and oxygen atoms in total. The molecule has 1 N–H and O–H groups in total. The minimum atomic E-state index is -0.526. The summed E-state index contributed by atoms with van der Waals surface area (Å²) in [7, 11) is 0. The third-order valence-electron chi connectivity index (χ3n) is 4.42. The molecule has 1 aliphatic heterocycles. The van der Waals surface area contributed by atoms with Crippen LogP contribution < -0.4 is 5.32 Å². The fourth-order valence-electron chi connectivity index (χ4n) is 3.23. The zero-order chi connectivity index (χ0) is 19.8. The van der Waals surface area contributed by atoms with E-state index in [0.717, 1.165) is 27.8 Å². The number of nitrogens with one attached hydrogen (secondary N) is 1. The number of rotatable bonds is 4. The Balaban J connectivity index is 1.82. The molecule has 0 saturated carbocycles. The number of hydrogen-bond donors (Lipinski definition) is 1. The number of ether oxygens (including phenoxy) is 1. The molecule has 1 fully saturated rings. The van der Waals surface area contributed by atoms with Crippen molar-refractivity contribution in [3.8, 4) is 0 Å². The van der Waals surface area contributed by atoms with Gasteiger partial charge in [-0.25, -0.2) is 4.79 Å². The lowest BCUT2D eigenvalue weighted by Crippen LogP contribution is -2.28. The van der Waals surface area contributed by atoms with Gasteiger partial charge in [-0.1, -0.05) is 0 Å². The highest BCUT2D eigenvalue weighted by atomic mass is 16.6. The Morgan fingerprint density at radius 2 is 2.07 bits per heavy atom. The van der Waals surface area contributed by atoms with Crippen molar-refractivity contribution in [1.29, 1.82) is 0 Å². The van der Waals surface area contributed by atoms with Crippen molar-refractivity contribution in [3.05, 3.63) is 40.4 Å². The van der Waals surface area contributed by atoms with Crippen LogP contribution in [0, 0.1) is 11.8 Å². The maximum atomic E-state index is 12.0. The Bertz CT molecular complexity index is 931. The van der Waals surface area contributed by atoms with E-state index in [0.29, 0.717) is 11.2 Å². The molecule has 0 spiro atoms. The van der Waals surface area contributed by atoms with Crippen molar-refractivity contribution in [2.45, 2.75) is 52.2 Å². The van der Waals surface area contributed by atoms with Crippen LogP contribution in [0.15, 0.2) is 24.3 Å². The number of nitroso groups, excluding NO2 is 1. The van der Waals surface area contributed by atoms with Gasteiger partial charge in [-0.15, -0.1) is 0 Å². The molecule has 27 heavy (non-hydrogen) atoms. The first kappa shape index (κ1) is 18.9. The molecule has 2 heterocycles. The van der Waals surface area contributed by atoms with Crippen molar-refractivity contribution >= 4 is 28.5 Å². The summed E-state index contributed by atoms with van der Waals surface area (Å²) in [6.07, 6.45) is 0.774. The molecule has 1 aliphatic rings. The summed E-state index contributed by atoms with van der Waals surface area (Å²) < 4.78 is 5.84. The van der Waals surface area contributed by atoms with Crippen molar-refractivity contribution in [2.24, 2.45) is 0 Å². The molecule has 1 atom stereocenters. The number of anilines is 1. The second-order valence-corrected chi connectivity index (χ2v) is 7.78. The minimum Gasteiger partial charge on any atom is -0.459 e. The Hall–Kier alpha value is -2.83. The van der Waals surface area contributed by atoms with E-state index in [1.54, 1.807) is 0 Å².